The third kappa shape index (κ3) is 4.36. The van der Waals surface area contributed by atoms with Crippen LogP contribution in [0.3, 0.4) is 0 Å². The first-order valence-corrected chi connectivity index (χ1v) is 7.49. The van der Waals surface area contributed by atoms with Crippen molar-refractivity contribution in [2.45, 2.75) is 6.18 Å². The van der Waals surface area contributed by atoms with Crippen LogP contribution in [0.5, 0.6) is 17.2 Å². The Balaban J connectivity index is 2.37. The highest BCUT2D eigenvalue weighted by atomic mass is 19.4. The van der Waals surface area contributed by atoms with Gasteiger partial charge in [-0.05, 0) is 23.8 Å². The molecular weight excluding hydrogens is 349 g/mol. The van der Waals surface area contributed by atoms with E-state index < -0.39 is 17.5 Å². The Labute approximate surface area is 148 Å². The molecule has 0 atom stereocenters. The molecule has 0 heterocycles. The fraction of sp³-hybridized carbons (Fsp3) is 0.211. The molecule has 0 aliphatic carbocycles. The zero-order valence-corrected chi connectivity index (χ0v) is 14.4. The first-order chi connectivity index (χ1) is 12.3. The number of carbonyl (C=O) groups excluding carboxylic acids is 1. The minimum Gasteiger partial charge on any atom is -0.496 e. The van der Waals surface area contributed by atoms with Gasteiger partial charge in [-0.25, -0.2) is 0 Å². The number of rotatable bonds is 6. The Bertz CT molecular complexity index is 801. The smallest absolute Gasteiger partial charge is 0.416 e. The van der Waals surface area contributed by atoms with Gasteiger partial charge in [-0.3, -0.25) is 4.79 Å². The topological polar surface area (TPSA) is 44.8 Å². The molecule has 0 bridgehead atoms. The number of alkyl halides is 3. The van der Waals surface area contributed by atoms with E-state index in [9.17, 15) is 18.0 Å². The molecule has 0 aliphatic rings. The molecule has 0 radical (unpaired) electrons. The van der Waals surface area contributed by atoms with Crippen LogP contribution < -0.4 is 14.2 Å². The number of ether oxygens (including phenoxy) is 3. The van der Waals surface area contributed by atoms with Crippen LogP contribution >= 0.6 is 0 Å². The predicted octanol–water partition coefficient (Wildman–Crippen LogP) is 4.63. The first-order valence-electron chi connectivity index (χ1n) is 7.49. The summed E-state index contributed by atoms with van der Waals surface area (Å²) in [6, 6.07) is 7.73. The van der Waals surface area contributed by atoms with Gasteiger partial charge in [0.1, 0.15) is 22.8 Å². The van der Waals surface area contributed by atoms with Crippen molar-refractivity contribution in [3.05, 3.63) is 59.2 Å². The number of benzene rings is 2. The molecule has 4 nitrogen and oxygen atoms in total. The second-order valence-electron chi connectivity index (χ2n) is 5.23. The van der Waals surface area contributed by atoms with Crippen LogP contribution in [0.4, 0.5) is 13.2 Å². The predicted molar refractivity (Wildman–Crippen MR) is 90.9 cm³/mol. The average molecular weight is 366 g/mol. The third-order valence-electron chi connectivity index (χ3n) is 3.60. The molecule has 2 aromatic rings. The molecular formula is C19H17F3O4. The second kappa shape index (κ2) is 7.95. The van der Waals surface area contributed by atoms with E-state index in [1.54, 1.807) is 0 Å². The van der Waals surface area contributed by atoms with Crippen LogP contribution in [-0.4, -0.2) is 27.1 Å². The summed E-state index contributed by atoms with van der Waals surface area (Å²) in [5, 5.41) is 0. The van der Waals surface area contributed by atoms with Gasteiger partial charge in [-0.2, -0.15) is 13.2 Å². The largest absolute Gasteiger partial charge is 0.496 e. The Hall–Kier alpha value is -2.96. The van der Waals surface area contributed by atoms with Gasteiger partial charge in [-0.15, -0.1) is 0 Å². The van der Waals surface area contributed by atoms with Gasteiger partial charge in [0, 0.05) is 12.1 Å². The number of methoxy groups -OCH3 is 3. The van der Waals surface area contributed by atoms with Crippen LogP contribution in [0.15, 0.2) is 42.5 Å². The fourth-order valence-corrected chi connectivity index (χ4v) is 2.32. The van der Waals surface area contributed by atoms with E-state index in [0.717, 1.165) is 12.1 Å². The normalized spacial score (nSPS) is 11.5. The summed E-state index contributed by atoms with van der Waals surface area (Å²) in [5.74, 6) is 0.440. The third-order valence-corrected chi connectivity index (χ3v) is 3.60. The maximum absolute atomic E-state index is 12.8. The minimum atomic E-state index is -4.45. The van der Waals surface area contributed by atoms with Gasteiger partial charge in [0.25, 0.3) is 0 Å². The minimum absolute atomic E-state index is 0.152. The molecule has 0 saturated carbocycles. The lowest BCUT2D eigenvalue weighted by Gasteiger charge is -2.13. The van der Waals surface area contributed by atoms with E-state index in [1.807, 2.05) is 0 Å². The van der Waals surface area contributed by atoms with E-state index >= 15 is 0 Å². The summed E-state index contributed by atoms with van der Waals surface area (Å²) < 4.78 is 53.8. The average Bonchev–Trinajstić information content (AvgIpc) is 2.64. The number of ketones is 1. The fourth-order valence-electron chi connectivity index (χ4n) is 2.32. The van der Waals surface area contributed by atoms with Gasteiger partial charge < -0.3 is 14.2 Å². The lowest BCUT2D eigenvalue weighted by molar-refractivity contribution is -0.137. The molecule has 0 aromatic heterocycles. The Kier molecular flexibility index (Phi) is 5.92. The van der Waals surface area contributed by atoms with Crippen molar-refractivity contribution < 1.29 is 32.2 Å². The van der Waals surface area contributed by atoms with Gasteiger partial charge in [0.15, 0.2) is 5.78 Å². The van der Waals surface area contributed by atoms with Crippen molar-refractivity contribution in [1.29, 1.82) is 0 Å². The molecule has 2 rings (SSSR count). The molecule has 0 N–H and O–H groups in total. The molecule has 0 amide bonds. The van der Waals surface area contributed by atoms with Crippen LogP contribution in [-0.2, 0) is 6.18 Å². The van der Waals surface area contributed by atoms with E-state index in [4.69, 9.17) is 14.2 Å². The lowest BCUT2D eigenvalue weighted by Crippen LogP contribution is -2.05. The zero-order chi connectivity index (χ0) is 19.3. The summed E-state index contributed by atoms with van der Waals surface area (Å²) in [5.41, 5.74) is -0.384. The molecule has 138 valence electrons. The van der Waals surface area contributed by atoms with Crippen molar-refractivity contribution >= 4 is 11.9 Å². The SMILES string of the molecule is COc1cc(OC)c(C(=O)/C=C/c2cccc(C(F)(F)F)c2)c(OC)c1. The number of carbonyl (C=O) groups is 1. The molecule has 26 heavy (non-hydrogen) atoms. The van der Waals surface area contributed by atoms with Crippen molar-refractivity contribution in [3.8, 4) is 17.2 Å². The molecule has 0 unspecified atom stereocenters. The van der Waals surface area contributed by atoms with E-state index in [-0.39, 0.29) is 22.6 Å². The molecule has 0 aliphatic heterocycles. The van der Waals surface area contributed by atoms with E-state index in [1.165, 1.54) is 57.7 Å². The van der Waals surface area contributed by atoms with Crippen molar-refractivity contribution in [3.63, 3.8) is 0 Å². The summed E-state index contributed by atoms with van der Waals surface area (Å²) in [6.07, 6.45) is -1.97. The quantitative estimate of drug-likeness (QED) is 0.552. The Morgan fingerprint density at radius 3 is 2.08 bits per heavy atom. The van der Waals surface area contributed by atoms with Crippen molar-refractivity contribution in [2.75, 3.05) is 21.3 Å². The van der Waals surface area contributed by atoms with Crippen LogP contribution in [0.1, 0.15) is 21.5 Å². The first kappa shape index (κ1) is 19.4. The number of halogens is 3. The Morgan fingerprint density at radius 1 is 0.962 bits per heavy atom. The highest BCUT2D eigenvalue weighted by molar-refractivity contribution is 6.10. The molecule has 2 aromatic carbocycles. The highest BCUT2D eigenvalue weighted by Gasteiger charge is 2.30. The number of allylic oxidation sites excluding steroid dienone is 1. The zero-order valence-electron chi connectivity index (χ0n) is 14.4. The highest BCUT2D eigenvalue weighted by Crippen LogP contribution is 2.35. The van der Waals surface area contributed by atoms with E-state index in [2.05, 4.69) is 0 Å². The standard InChI is InChI=1S/C19H17F3O4/c1-24-14-10-16(25-2)18(17(11-14)26-3)15(23)8-7-12-5-4-6-13(9-12)19(20,21)22/h4-11H,1-3H3/b8-7+. The number of hydrogen-bond acceptors (Lipinski definition) is 4. The maximum Gasteiger partial charge on any atom is 0.416 e. The second-order valence-corrected chi connectivity index (χ2v) is 5.23. The van der Waals surface area contributed by atoms with Gasteiger partial charge in [0.05, 0.1) is 26.9 Å². The molecule has 0 fully saturated rings. The van der Waals surface area contributed by atoms with Crippen LogP contribution in [0.2, 0.25) is 0 Å². The summed E-state index contributed by atoms with van der Waals surface area (Å²) in [6.45, 7) is 0. The van der Waals surface area contributed by atoms with Gasteiger partial charge in [0.2, 0.25) is 0 Å². The summed E-state index contributed by atoms with van der Waals surface area (Å²) in [4.78, 5) is 12.5. The molecule has 0 spiro atoms. The maximum atomic E-state index is 12.8. The van der Waals surface area contributed by atoms with E-state index in [0.29, 0.717) is 5.75 Å². The number of hydrogen-bond donors (Lipinski definition) is 0. The Morgan fingerprint density at radius 2 is 1.58 bits per heavy atom. The van der Waals surface area contributed by atoms with Crippen molar-refractivity contribution in [2.24, 2.45) is 0 Å². The molecule has 7 heteroatoms. The summed E-state index contributed by atoms with van der Waals surface area (Å²) >= 11 is 0. The van der Waals surface area contributed by atoms with Crippen LogP contribution in [0, 0.1) is 0 Å². The van der Waals surface area contributed by atoms with Crippen molar-refractivity contribution in [1.82, 2.24) is 0 Å². The molecule has 0 saturated heterocycles. The van der Waals surface area contributed by atoms with Gasteiger partial charge in [-0.1, -0.05) is 18.2 Å². The lowest BCUT2D eigenvalue weighted by atomic mass is 10.0. The summed E-state index contributed by atoms with van der Waals surface area (Å²) in [7, 11) is 4.24. The monoisotopic (exact) mass is 366 g/mol. The van der Waals surface area contributed by atoms with Crippen LogP contribution in [0.25, 0.3) is 6.08 Å². The van der Waals surface area contributed by atoms with Gasteiger partial charge >= 0.3 is 6.18 Å².